The lowest BCUT2D eigenvalue weighted by Gasteiger charge is -2.36. The molecule has 1 N–H and O–H groups in total. The van der Waals surface area contributed by atoms with E-state index in [1.165, 1.54) is 12.1 Å². The molecule has 25 heavy (non-hydrogen) atoms. The fraction of sp³-hybridized carbons (Fsp3) is 0.647. The van der Waals surface area contributed by atoms with Crippen LogP contribution in [0, 0.1) is 5.92 Å². The average molecular weight is 422 g/mol. The largest absolute Gasteiger partial charge is 0.417 e. The zero-order valence-corrected chi connectivity index (χ0v) is 16.8. The molecule has 1 fully saturated rings. The smallest absolute Gasteiger partial charge is 0.314 e. The first-order valence-corrected chi connectivity index (χ1v) is 8.48. The summed E-state index contributed by atoms with van der Waals surface area (Å²) >= 11 is 5.76. The van der Waals surface area contributed by atoms with Gasteiger partial charge in [-0.3, -0.25) is 4.90 Å². The van der Waals surface area contributed by atoms with Gasteiger partial charge in [-0.2, -0.15) is 13.2 Å². The van der Waals surface area contributed by atoms with Crippen molar-refractivity contribution in [1.29, 1.82) is 0 Å². The van der Waals surface area contributed by atoms with Gasteiger partial charge in [-0.25, -0.2) is 0 Å². The Morgan fingerprint density at radius 2 is 1.72 bits per heavy atom. The van der Waals surface area contributed by atoms with Gasteiger partial charge in [0.25, 0.3) is 0 Å². The van der Waals surface area contributed by atoms with E-state index in [2.05, 4.69) is 24.1 Å². The second-order valence-corrected chi connectivity index (χ2v) is 6.92. The van der Waals surface area contributed by atoms with Crippen LogP contribution in [-0.4, -0.2) is 31.1 Å². The summed E-state index contributed by atoms with van der Waals surface area (Å²) in [5.74, 6) is 0.523. The van der Waals surface area contributed by atoms with Gasteiger partial charge in [0, 0.05) is 32.2 Å². The molecule has 2 nitrogen and oxygen atoms in total. The minimum Gasteiger partial charge on any atom is -0.314 e. The van der Waals surface area contributed by atoms with E-state index in [-0.39, 0.29) is 35.9 Å². The topological polar surface area (TPSA) is 15.3 Å². The van der Waals surface area contributed by atoms with Crippen molar-refractivity contribution < 1.29 is 13.2 Å². The molecule has 1 aliphatic rings. The second kappa shape index (κ2) is 10.8. The predicted octanol–water partition coefficient (Wildman–Crippen LogP) is 5.58. The van der Waals surface area contributed by atoms with Crippen molar-refractivity contribution in [2.24, 2.45) is 5.92 Å². The number of piperazine rings is 1. The highest BCUT2D eigenvalue weighted by Gasteiger charge is 2.34. The molecule has 2 rings (SSSR count). The molecule has 1 heterocycles. The van der Waals surface area contributed by atoms with Crippen LogP contribution in [0.25, 0.3) is 0 Å². The van der Waals surface area contributed by atoms with Gasteiger partial charge in [0.15, 0.2) is 0 Å². The van der Waals surface area contributed by atoms with Gasteiger partial charge in [-0.05, 0) is 36.5 Å². The van der Waals surface area contributed by atoms with Crippen LogP contribution in [0.1, 0.15) is 43.9 Å². The third-order valence-corrected chi connectivity index (χ3v) is 4.62. The van der Waals surface area contributed by atoms with Crippen LogP contribution in [0.15, 0.2) is 18.2 Å². The summed E-state index contributed by atoms with van der Waals surface area (Å²) in [4.78, 5) is 2.28. The van der Waals surface area contributed by atoms with Crippen LogP contribution in [0.4, 0.5) is 13.2 Å². The van der Waals surface area contributed by atoms with E-state index in [0.29, 0.717) is 11.5 Å². The lowest BCUT2D eigenvalue weighted by atomic mass is 9.94. The summed E-state index contributed by atoms with van der Waals surface area (Å²) in [5, 5.41) is 3.06. The summed E-state index contributed by atoms with van der Waals surface area (Å²) in [6, 6.07) is 4.36. The summed E-state index contributed by atoms with van der Waals surface area (Å²) in [6.45, 7) is 7.73. The van der Waals surface area contributed by atoms with Gasteiger partial charge in [0.1, 0.15) is 0 Å². The van der Waals surface area contributed by atoms with E-state index in [1.807, 2.05) is 0 Å². The van der Waals surface area contributed by atoms with Gasteiger partial charge in [0.05, 0.1) is 10.6 Å². The van der Waals surface area contributed by atoms with Crippen LogP contribution in [0.5, 0.6) is 0 Å². The van der Waals surface area contributed by atoms with Crippen molar-refractivity contribution >= 4 is 36.4 Å². The molecule has 1 aromatic rings. The molecule has 0 radical (unpaired) electrons. The molecule has 0 saturated carbocycles. The third-order valence-electron chi connectivity index (χ3n) is 4.29. The van der Waals surface area contributed by atoms with E-state index >= 15 is 0 Å². The summed E-state index contributed by atoms with van der Waals surface area (Å²) in [6.07, 6.45) is -2.58. The van der Waals surface area contributed by atoms with Crippen LogP contribution in [0.2, 0.25) is 5.02 Å². The second-order valence-electron chi connectivity index (χ2n) is 6.51. The zero-order valence-electron chi connectivity index (χ0n) is 14.4. The monoisotopic (exact) mass is 420 g/mol. The number of alkyl halides is 3. The van der Waals surface area contributed by atoms with Crippen LogP contribution in [-0.2, 0) is 6.18 Å². The van der Waals surface area contributed by atoms with E-state index in [1.54, 1.807) is 6.07 Å². The van der Waals surface area contributed by atoms with Crippen LogP contribution < -0.4 is 5.32 Å². The van der Waals surface area contributed by atoms with Crippen LogP contribution in [0.3, 0.4) is 0 Å². The Balaban J connectivity index is 0.00000288. The Morgan fingerprint density at radius 3 is 2.24 bits per heavy atom. The Hall–Kier alpha value is -0.200. The van der Waals surface area contributed by atoms with Crippen LogP contribution >= 0.6 is 36.4 Å². The Labute approximate surface area is 165 Å². The molecular weight excluding hydrogens is 396 g/mol. The van der Waals surface area contributed by atoms with Crippen molar-refractivity contribution in [1.82, 2.24) is 10.2 Å². The molecule has 146 valence electrons. The molecule has 8 heteroatoms. The highest BCUT2D eigenvalue weighted by Crippen LogP contribution is 2.38. The number of benzene rings is 1. The first kappa shape index (κ1) is 24.8. The first-order chi connectivity index (χ1) is 10.8. The lowest BCUT2D eigenvalue weighted by Crippen LogP contribution is -2.45. The van der Waals surface area contributed by atoms with Gasteiger partial charge in [0.2, 0.25) is 0 Å². The molecule has 0 aliphatic carbocycles. The molecule has 0 bridgehead atoms. The lowest BCUT2D eigenvalue weighted by molar-refractivity contribution is -0.137. The quantitative estimate of drug-likeness (QED) is 0.667. The fourth-order valence-electron chi connectivity index (χ4n) is 3.01. The Morgan fingerprint density at radius 1 is 1.12 bits per heavy atom. The number of hydrogen-bond acceptors (Lipinski definition) is 2. The number of nitrogens with one attached hydrogen (secondary N) is 1. The van der Waals surface area contributed by atoms with Crippen molar-refractivity contribution in [3.05, 3.63) is 34.3 Å². The minimum atomic E-state index is -4.42. The molecule has 1 saturated heterocycles. The zero-order chi connectivity index (χ0) is 17.0. The molecule has 0 aromatic heterocycles. The van der Waals surface area contributed by atoms with Crippen molar-refractivity contribution in [3.8, 4) is 0 Å². The van der Waals surface area contributed by atoms with E-state index < -0.39 is 11.7 Å². The van der Waals surface area contributed by atoms with Gasteiger partial charge in [-0.15, -0.1) is 24.8 Å². The summed E-state index contributed by atoms with van der Waals surface area (Å²) < 4.78 is 39.4. The molecule has 0 amide bonds. The maximum Gasteiger partial charge on any atom is 0.417 e. The standard InChI is InChI=1S/C17H24ClF3N2.2ClH/c1-12(2)3-6-16(23-9-7-22-8-10-23)13-4-5-15(18)14(11-13)17(19,20)21;;/h4-5,11-12,16,22H,3,6-10H2,1-2H3;2*1H/t16-;;/m1../s1. The van der Waals surface area contributed by atoms with Gasteiger partial charge in [-0.1, -0.05) is 31.5 Å². The number of rotatable bonds is 5. The predicted molar refractivity (Wildman–Crippen MR) is 102 cm³/mol. The average Bonchev–Trinajstić information content (AvgIpc) is 2.48. The molecule has 1 aromatic carbocycles. The normalized spacial score (nSPS) is 16.9. The highest BCUT2D eigenvalue weighted by molar-refractivity contribution is 6.31. The van der Waals surface area contributed by atoms with Gasteiger partial charge >= 0.3 is 6.18 Å². The first-order valence-electron chi connectivity index (χ1n) is 8.10. The Kier molecular flexibility index (Phi) is 10.7. The minimum absolute atomic E-state index is 0. The van der Waals surface area contributed by atoms with Gasteiger partial charge < -0.3 is 5.32 Å². The van der Waals surface area contributed by atoms with E-state index in [0.717, 1.165) is 39.0 Å². The highest BCUT2D eigenvalue weighted by atomic mass is 35.5. The van der Waals surface area contributed by atoms with Crippen molar-refractivity contribution in [3.63, 3.8) is 0 Å². The molecule has 0 unspecified atom stereocenters. The molecular formula is C17H26Cl3F3N2. The fourth-order valence-corrected chi connectivity index (χ4v) is 3.24. The maximum atomic E-state index is 13.1. The summed E-state index contributed by atoms with van der Waals surface area (Å²) in [7, 11) is 0. The van der Waals surface area contributed by atoms with Crippen molar-refractivity contribution in [2.75, 3.05) is 26.2 Å². The summed E-state index contributed by atoms with van der Waals surface area (Å²) in [5.41, 5.74) is -0.0226. The number of nitrogens with zero attached hydrogens (tertiary/aromatic N) is 1. The Bertz CT molecular complexity index is 518. The molecule has 0 spiro atoms. The van der Waals surface area contributed by atoms with E-state index in [9.17, 15) is 13.2 Å². The molecule has 1 atom stereocenters. The number of hydrogen-bond donors (Lipinski definition) is 1. The molecule has 1 aliphatic heterocycles. The maximum absolute atomic E-state index is 13.1. The number of halogens is 6. The third kappa shape index (κ3) is 7.14. The SMILES string of the molecule is CC(C)CC[C@H](c1ccc(Cl)c(C(F)(F)F)c1)N1CCNCC1.Cl.Cl. The van der Waals surface area contributed by atoms with Crippen molar-refractivity contribution in [2.45, 2.75) is 38.9 Å². The van der Waals surface area contributed by atoms with E-state index in [4.69, 9.17) is 11.6 Å².